The van der Waals surface area contributed by atoms with Gasteiger partial charge in [0.15, 0.2) is 0 Å². The summed E-state index contributed by atoms with van der Waals surface area (Å²) in [5, 5.41) is 29.9. The van der Waals surface area contributed by atoms with Gasteiger partial charge in [-0.05, 0) is 108 Å². The minimum Gasteiger partial charge on any atom is -0.309 e. The van der Waals surface area contributed by atoms with Crippen LogP contribution >= 0.6 is 0 Å². The van der Waals surface area contributed by atoms with Crippen molar-refractivity contribution in [1.82, 2.24) is 18.3 Å². The molecular weight excluding hydrogens is 970 g/mol. The summed E-state index contributed by atoms with van der Waals surface area (Å²) in [5.74, 6) is 0. The van der Waals surface area contributed by atoms with E-state index in [1.54, 1.807) is 0 Å². The Hall–Kier alpha value is -10.6. The molecule has 0 aliphatic rings. The van der Waals surface area contributed by atoms with Crippen molar-refractivity contribution in [2.75, 3.05) is 0 Å². The number of fused-ring (bicyclic) bond motifs is 14. The topological polar surface area (TPSA) is 67.3 Å². The Morgan fingerprint density at radius 1 is 0.333 bits per heavy atom. The maximum atomic E-state index is 14.2. The zero-order valence-electron chi connectivity index (χ0n) is 41.3. The van der Waals surface area contributed by atoms with Gasteiger partial charge in [0, 0.05) is 65.6 Å². The third-order valence-electron chi connectivity index (χ3n) is 15.6. The molecule has 0 spiro atoms. The molecule has 0 N–H and O–H groups in total. The normalized spacial score (nSPS) is 12.0. The first-order valence-electron chi connectivity index (χ1n) is 25.6. The molecule has 78 heavy (non-hydrogen) atoms. The first-order chi connectivity index (χ1) is 38.3. The smallest absolute Gasteiger partial charge is 0.309 e. The molecule has 0 aliphatic carbocycles. The number of halogens is 3. The van der Waals surface area contributed by atoms with Crippen molar-refractivity contribution in [1.29, 1.82) is 10.5 Å². The van der Waals surface area contributed by atoms with Gasteiger partial charge in [-0.3, -0.25) is 0 Å². The molecule has 11 aromatic carbocycles. The van der Waals surface area contributed by atoms with Crippen molar-refractivity contribution in [3.63, 3.8) is 0 Å². The molecule has 0 fully saturated rings. The molecule has 0 saturated heterocycles. The van der Waals surface area contributed by atoms with Crippen molar-refractivity contribution < 1.29 is 13.2 Å². The van der Waals surface area contributed by atoms with E-state index in [4.69, 9.17) is 0 Å². The molecule has 0 amide bonds. The van der Waals surface area contributed by atoms with E-state index in [-0.39, 0.29) is 5.56 Å². The van der Waals surface area contributed by atoms with Crippen LogP contribution in [-0.2, 0) is 6.18 Å². The minimum absolute atomic E-state index is 0.100. The number of hydrogen-bond donors (Lipinski definition) is 0. The second kappa shape index (κ2) is 17.0. The highest BCUT2D eigenvalue weighted by Gasteiger charge is 2.32. The summed E-state index contributed by atoms with van der Waals surface area (Å²) in [6.45, 7) is 0. The van der Waals surface area contributed by atoms with E-state index in [1.165, 1.54) is 6.07 Å². The molecule has 366 valence electrons. The van der Waals surface area contributed by atoms with Crippen LogP contribution in [0.1, 0.15) is 16.7 Å². The molecule has 6 nitrogen and oxygen atoms in total. The van der Waals surface area contributed by atoms with Crippen LogP contribution in [0.2, 0.25) is 0 Å². The monoisotopic (exact) mass is 1010 g/mol. The number of aromatic nitrogens is 4. The predicted molar refractivity (Wildman–Crippen MR) is 309 cm³/mol. The number of nitriles is 2. The lowest BCUT2D eigenvalue weighted by molar-refractivity contribution is -0.137. The molecule has 0 atom stereocenters. The van der Waals surface area contributed by atoms with E-state index in [0.717, 1.165) is 133 Å². The Labute approximate surface area is 443 Å². The van der Waals surface area contributed by atoms with Gasteiger partial charge >= 0.3 is 6.18 Å². The number of benzene rings is 11. The molecule has 15 aromatic rings. The van der Waals surface area contributed by atoms with Crippen molar-refractivity contribution in [2.45, 2.75) is 6.18 Å². The predicted octanol–water partition coefficient (Wildman–Crippen LogP) is 18.2. The highest BCUT2D eigenvalue weighted by atomic mass is 19.4. The third kappa shape index (κ3) is 6.49. The Kier molecular flexibility index (Phi) is 9.75. The third-order valence-corrected chi connectivity index (χ3v) is 15.6. The van der Waals surface area contributed by atoms with E-state index in [0.29, 0.717) is 16.7 Å². The van der Waals surface area contributed by atoms with Gasteiger partial charge < -0.3 is 18.3 Å². The van der Waals surface area contributed by atoms with Crippen LogP contribution in [0.4, 0.5) is 13.2 Å². The quantitative estimate of drug-likeness (QED) is 0.167. The lowest BCUT2D eigenvalue weighted by Crippen LogP contribution is -2.05. The van der Waals surface area contributed by atoms with Gasteiger partial charge in [-0.25, -0.2) is 0 Å². The van der Waals surface area contributed by atoms with Crippen LogP contribution in [0.3, 0.4) is 0 Å². The van der Waals surface area contributed by atoms with Gasteiger partial charge in [0.05, 0.1) is 84.3 Å². The average molecular weight is 1010 g/mol. The van der Waals surface area contributed by atoms with Crippen LogP contribution < -0.4 is 0 Å². The highest BCUT2D eigenvalue weighted by Crippen LogP contribution is 2.48. The maximum Gasteiger partial charge on any atom is 0.416 e. The summed E-state index contributed by atoms with van der Waals surface area (Å²) in [7, 11) is 0. The van der Waals surface area contributed by atoms with Gasteiger partial charge in [-0.2, -0.15) is 23.7 Å². The number of rotatable bonds is 6. The molecule has 0 bridgehead atoms. The molecule has 9 heteroatoms. The van der Waals surface area contributed by atoms with E-state index in [9.17, 15) is 23.7 Å². The van der Waals surface area contributed by atoms with Gasteiger partial charge in [0.2, 0.25) is 0 Å². The molecule has 0 radical (unpaired) electrons. The van der Waals surface area contributed by atoms with Crippen LogP contribution in [-0.4, -0.2) is 18.3 Å². The molecule has 0 saturated carbocycles. The summed E-state index contributed by atoms with van der Waals surface area (Å²) in [6.07, 6.45) is -4.64. The van der Waals surface area contributed by atoms with Crippen molar-refractivity contribution in [3.05, 3.63) is 253 Å². The van der Waals surface area contributed by atoms with Gasteiger partial charge in [-0.1, -0.05) is 140 Å². The standard InChI is InChI=1S/C69H39F3N6/c70-69(71,72)45-29-31-48(44(38-45)41-74)43-28-34-61(77-59-25-13-9-21-54(59)65-62(77)35-32-52-49-19-7-11-23-57(49)75(67(52)65)46-15-3-1-4-16-46)56(39-43)51-30-27-42(40-73)37-64(51)78-60-26-14-10-22-55(60)66-63(78)36-33-53-50-20-8-12-24-58(50)76(68(53)66)47-17-5-2-6-18-47/h1-39H. The first kappa shape index (κ1) is 44.8. The van der Waals surface area contributed by atoms with Crippen LogP contribution in [0.5, 0.6) is 0 Å². The number of hydrogen-bond acceptors (Lipinski definition) is 2. The lowest BCUT2D eigenvalue weighted by atomic mass is 9.92. The Bertz CT molecular complexity index is 5100. The molecule has 15 rings (SSSR count). The van der Waals surface area contributed by atoms with E-state index < -0.39 is 11.7 Å². The van der Waals surface area contributed by atoms with E-state index in [2.05, 4.69) is 188 Å². The zero-order chi connectivity index (χ0) is 52.4. The minimum atomic E-state index is -4.64. The molecular formula is C69H39F3N6. The Balaban J connectivity index is 1.08. The largest absolute Gasteiger partial charge is 0.416 e. The summed E-state index contributed by atoms with van der Waals surface area (Å²) in [4.78, 5) is 0. The van der Waals surface area contributed by atoms with Crippen molar-refractivity contribution >= 4 is 87.2 Å². The van der Waals surface area contributed by atoms with Crippen LogP contribution in [0.25, 0.3) is 132 Å². The maximum absolute atomic E-state index is 14.2. The summed E-state index contributed by atoms with van der Waals surface area (Å²) >= 11 is 0. The molecule has 4 heterocycles. The van der Waals surface area contributed by atoms with Crippen molar-refractivity contribution in [3.8, 4) is 57.1 Å². The summed E-state index contributed by atoms with van der Waals surface area (Å²) < 4.78 is 51.9. The highest BCUT2D eigenvalue weighted by molar-refractivity contribution is 6.28. The summed E-state index contributed by atoms with van der Waals surface area (Å²) in [6, 6.07) is 82.7. The average Bonchev–Trinajstić information content (AvgIpc) is 4.29. The Morgan fingerprint density at radius 2 is 0.808 bits per heavy atom. The van der Waals surface area contributed by atoms with Gasteiger partial charge in [0.1, 0.15) is 0 Å². The van der Waals surface area contributed by atoms with Crippen LogP contribution in [0.15, 0.2) is 237 Å². The fourth-order valence-electron chi connectivity index (χ4n) is 12.4. The zero-order valence-corrected chi connectivity index (χ0v) is 41.3. The molecule has 4 aromatic heterocycles. The SMILES string of the molecule is N#Cc1ccc(-c2cc(-c3ccc(C(F)(F)F)cc3C#N)ccc2-n2c3ccccc3c3c2ccc2c4ccccc4n(-c4ccccc4)c23)c(-n2c3ccccc3c3c2ccc2c4ccccc4n(-c4ccccc4)c23)c1. The molecule has 0 aliphatic heterocycles. The van der Waals surface area contributed by atoms with Gasteiger partial charge in [-0.15, -0.1) is 0 Å². The second-order valence-electron chi connectivity index (χ2n) is 19.7. The van der Waals surface area contributed by atoms with Crippen molar-refractivity contribution in [2.24, 2.45) is 0 Å². The summed E-state index contributed by atoms with van der Waals surface area (Å²) in [5.41, 5.74) is 13.4. The van der Waals surface area contributed by atoms with Crippen LogP contribution in [0, 0.1) is 22.7 Å². The second-order valence-corrected chi connectivity index (χ2v) is 19.7. The fraction of sp³-hybridized carbons (Fsp3) is 0.0145. The van der Waals surface area contributed by atoms with E-state index >= 15 is 0 Å². The fourth-order valence-corrected chi connectivity index (χ4v) is 12.4. The van der Waals surface area contributed by atoms with E-state index in [1.807, 2.05) is 60.7 Å². The number of alkyl halides is 3. The first-order valence-corrected chi connectivity index (χ1v) is 25.6. The van der Waals surface area contributed by atoms with Gasteiger partial charge in [0.25, 0.3) is 0 Å². The molecule has 0 unspecified atom stereocenters. The number of nitrogens with zero attached hydrogens (tertiary/aromatic N) is 6. The lowest BCUT2D eigenvalue weighted by Gasteiger charge is -2.20. The Morgan fingerprint density at radius 3 is 1.32 bits per heavy atom. The number of para-hydroxylation sites is 6.